The van der Waals surface area contributed by atoms with E-state index < -0.39 is 6.10 Å². The SMILES string of the molecule is CCc1cc(C(O)CC#CC(C)(C)C)n(C)n1. The molecule has 1 atom stereocenters. The molecular formula is C14H22N2O. The second-order valence-corrected chi connectivity index (χ2v) is 5.31. The van der Waals surface area contributed by atoms with Crippen molar-refractivity contribution in [1.29, 1.82) is 0 Å². The van der Waals surface area contributed by atoms with Crippen LogP contribution < -0.4 is 0 Å². The summed E-state index contributed by atoms with van der Waals surface area (Å²) < 4.78 is 1.74. The lowest BCUT2D eigenvalue weighted by molar-refractivity contribution is 0.174. The molecule has 1 unspecified atom stereocenters. The molecule has 17 heavy (non-hydrogen) atoms. The molecule has 0 bridgehead atoms. The van der Waals surface area contributed by atoms with Gasteiger partial charge in [-0.2, -0.15) is 5.10 Å². The maximum absolute atomic E-state index is 10.0. The quantitative estimate of drug-likeness (QED) is 0.816. The van der Waals surface area contributed by atoms with E-state index in [2.05, 4.69) is 44.6 Å². The average molecular weight is 234 g/mol. The fourth-order valence-corrected chi connectivity index (χ4v) is 1.55. The van der Waals surface area contributed by atoms with Gasteiger partial charge in [-0.25, -0.2) is 0 Å². The summed E-state index contributed by atoms with van der Waals surface area (Å²) in [4.78, 5) is 0. The highest BCUT2D eigenvalue weighted by molar-refractivity contribution is 5.16. The standard InChI is InChI=1S/C14H22N2O/c1-6-11-10-12(16(5)15-11)13(17)8-7-9-14(2,3)4/h10,13,17H,6,8H2,1-5H3. The molecule has 3 heteroatoms. The summed E-state index contributed by atoms with van der Waals surface area (Å²) in [5.74, 6) is 6.16. The third-order valence-corrected chi connectivity index (χ3v) is 2.43. The fourth-order valence-electron chi connectivity index (χ4n) is 1.55. The van der Waals surface area contributed by atoms with E-state index in [0.29, 0.717) is 6.42 Å². The Morgan fingerprint density at radius 1 is 1.47 bits per heavy atom. The predicted molar refractivity (Wildman–Crippen MR) is 69.4 cm³/mol. The van der Waals surface area contributed by atoms with Gasteiger partial charge in [-0.1, -0.05) is 18.8 Å². The molecule has 0 amide bonds. The fraction of sp³-hybridized carbons (Fsp3) is 0.643. The molecule has 0 saturated heterocycles. The van der Waals surface area contributed by atoms with Crippen molar-refractivity contribution in [2.24, 2.45) is 12.5 Å². The van der Waals surface area contributed by atoms with E-state index >= 15 is 0 Å². The molecule has 1 rings (SSSR count). The van der Waals surface area contributed by atoms with Gasteiger partial charge >= 0.3 is 0 Å². The Bertz CT molecular complexity index is 429. The van der Waals surface area contributed by atoms with Crippen LogP contribution in [0.4, 0.5) is 0 Å². The minimum atomic E-state index is -0.553. The predicted octanol–water partition coefficient (Wildman–Crippen LogP) is 2.46. The van der Waals surface area contributed by atoms with Gasteiger partial charge in [-0.15, -0.1) is 0 Å². The highest BCUT2D eigenvalue weighted by atomic mass is 16.3. The molecule has 0 saturated carbocycles. The second kappa shape index (κ2) is 5.37. The van der Waals surface area contributed by atoms with Crippen molar-refractivity contribution in [3.8, 4) is 11.8 Å². The molecule has 3 nitrogen and oxygen atoms in total. The summed E-state index contributed by atoms with van der Waals surface area (Å²) in [6, 6.07) is 1.95. The van der Waals surface area contributed by atoms with E-state index in [1.807, 2.05) is 13.1 Å². The van der Waals surface area contributed by atoms with Gasteiger partial charge in [-0.05, 0) is 33.3 Å². The van der Waals surface area contributed by atoms with E-state index in [0.717, 1.165) is 17.8 Å². The molecule has 1 heterocycles. The summed E-state index contributed by atoms with van der Waals surface area (Å²) in [7, 11) is 1.86. The van der Waals surface area contributed by atoms with E-state index in [4.69, 9.17) is 0 Å². The number of aromatic nitrogens is 2. The summed E-state index contributed by atoms with van der Waals surface area (Å²) in [5.41, 5.74) is 1.83. The van der Waals surface area contributed by atoms with E-state index in [-0.39, 0.29) is 5.41 Å². The molecule has 1 aromatic heterocycles. The van der Waals surface area contributed by atoms with Gasteiger partial charge in [0.05, 0.1) is 11.4 Å². The molecule has 0 aliphatic carbocycles. The lowest BCUT2D eigenvalue weighted by Crippen LogP contribution is -2.05. The van der Waals surface area contributed by atoms with Crippen molar-refractivity contribution in [2.45, 2.75) is 46.6 Å². The van der Waals surface area contributed by atoms with E-state index in [1.54, 1.807) is 4.68 Å². The molecule has 1 aromatic rings. The Morgan fingerprint density at radius 2 is 2.12 bits per heavy atom. The highest BCUT2D eigenvalue weighted by Crippen LogP contribution is 2.17. The monoisotopic (exact) mass is 234 g/mol. The first-order chi connectivity index (χ1) is 7.83. The molecule has 0 aliphatic rings. The Balaban J connectivity index is 2.72. The number of aryl methyl sites for hydroxylation is 2. The maximum Gasteiger partial charge on any atom is 0.106 e. The summed E-state index contributed by atoms with van der Waals surface area (Å²) in [6.45, 7) is 8.24. The van der Waals surface area contributed by atoms with Crippen LogP contribution in [0.3, 0.4) is 0 Å². The number of hydrogen-bond acceptors (Lipinski definition) is 2. The van der Waals surface area contributed by atoms with Crippen LogP contribution in [0.5, 0.6) is 0 Å². The van der Waals surface area contributed by atoms with Crippen LogP contribution in [0.15, 0.2) is 6.07 Å². The molecule has 0 aliphatic heterocycles. The van der Waals surface area contributed by atoms with Crippen molar-refractivity contribution in [1.82, 2.24) is 9.78 Å². The Labute approximate surface area is 104 Å². The smallest absolute Gasteiger partial charge is 0.106 e. The number of rotatable bonds is 3. The molecule has 1 N–H and O–H groups in total. The lowest BCUT2D eigenvalue weighted by Gasteiger charge is -2.09. The van der Waals surface area contributed by atoms with Crippen molar-refractivity contribution in [2.75, 3.05) is 0 Å². The number of aliphatic hydroxyl groups is 1. The number of aliphatic hydroxyl groups excluding tert-OH is 1. The van der Waals surface area contributed by atoms with Crippen LogP contribution in [0.1, 0.15) is 51.6 Å². The topological polar surface area (TPSA) is 38.0 Å². The van der Waals surface area contributed by atoms with Gasteiger partial charge < -0.3 is 5.11 Å². The second-order valence-electron chi connectivity index (χ2n) is 5.31. The highest BCUT2D eigenvalue weighted by Gasteiger charge is 2.12. The van der Waals surface area contributed by atoms with Crippen LogP contribution >= 0.6 is 0 Å². The van der Waals surface area contributed by atoms with Gasteiger partial charge in [-0.3, -0.25) is 4.68 Å². The zero-order chi connectivity index (χ0) is 13.1. The average Bonchev–Trinajstić information content (AvgIpc) is 2.57. The minimum absolute atomic E-state index is 0.0131. The number of hydrogen-bond donors (Lipinski definition) is 1. The van der Waals surface area contributed by atoms with Gasteiger partial charge in [0.1, 0.15) is 6.10 Å². The lowest BCUT2D eigenvalue weighted by atomic mass is 9.97. The van der Waals surface area contributed by atoms with Gasteiger partial charge in [0.15, 0.2) is 0 Å². The van der Waals surface area contributed by atoms with Gasteiger partial charge in [0.2, 0.25) is 0 Å². The van der Waals surface area contributed by atoms with E-state index in [9.17, 15) is 5.11 Å². The molecule has 0 radical (unpaired) electrons. The minimum Gasteiger partial charge on any atom is -0.386 e. The first-order valence-corrected chi connectivity index (χ1v) is 6.04. The molecule has 0 aromatic carbocycles. The molecule has 0 spiro atoms. The Morgan fingerprint density at radius 3 is 2.59 bits per heavy atom. The van der Waals surface area contributed by atoms with Crippen molar-refractivity contribution < 1.29 is 5.11 Å². The van der Waals surface area contributed by atoms with Crippen LogP contribution in [-0.4, -0.2) is 14.9 Å². The normalized spacial score (nSPS) is 13.1. The van der Waals surface area contributed by atoms with Gasteiger partial charge in [0.25, 0.3) is 0 Å². The van der Waals surface area contributed by atoms with Crippen LogP contribution in [0.25, 0.3) is 0 Å². The third-order valence-electron chi connectivity index (χ3n) is 2.43. The maximum atomic E-state index is 10.0. The van der Waals surface area contributed by atoms with Crippen molar-refractivity contribution in [3.05, 3.63) is 17.5 Å². The zero-order valence-corrected chi connectivity index (χ0v) is 11.4. The molecule has 0 fully saturated rings. The van der Waals surface area contributed by atoms with Crippen LogP contribution in [0.2, 0.25) is 0 Å². The summed E-state index contributed by atoms with van der Waals surface area (Å²) in [6.07, 6.45) is 0.788. The zero-order valence-electron chi connectivity index (χ0n) is 11.4. The molecule has 94 valence electrons. The number of nitrogens with zero attached hydrogens (tertiary/aromatic N) is 2. The largest absolute Gasteiger partial charge is 0.386 e. The first-order valence-electron chi connectivity index (χ1n) is 6.04. The molecular weight excluding hydrogens is 212 g/mol. The van der Waals surface area contributed by atoms with Crippen molar-refractivity contribution in [3.63, 3.8) is 0 Å². The summed E-state index contributed by atoms with van der Waals surface area (Å²) in [5, 5.41) is 14.4. The Kier molecular flexibility index (Phi) is 4.36. The van der Waals surface area contributed by atoms with Gasteiger partial charge in [0, 0.05) is 18.9 Å². The van der Waals surface area contributed by atoms with E-state index in [1.165, 1.54) is 0 Å². The Hall–Kier alpha value is -1.27. The van der Waals surface area contributed by atoms with Crippen LogP contribution in [-0.2, 0) is 13.5 Å². The first kappa shape index (κ1) is 13.8. The van der Waals surface area contributed by atoms with Crippen LogP contribution in [0, 0.1) is 17.3 Å². The van der Waals surface area contributed by atoms with Crippen molar-refractivity contribution >= 4 is 0 Å². The summed E-state index contributed by atoms with van der Waals surface area (Å²) >= 11 is 0. The third kappa shape index (κ3) is 4.24.